The minimum Gasteiger partial charge on any atom is -0.459 e. The topological polar surface area (TPSA) is 97.4 Å². The van der Waals surface area contributed by atoms with Gasteiger partial charge >= 0.3 is 17.9 Å². The van der Waals surface area contributed by atoms with Crippen LogP contribution in [0.2, 0.25) is 0 Å². The van der Waals surface area contributed by atoms with E-state index in [0.29, 0.717) is 12.8 Å². The van der Waals surface area contributed by atoms with Crippen LogP contribution in [0, 0.1) is 17.3 Å². The molecule has 0 unspecified atom stereocenters. The lowest BCUT2D eigenvalue weighted by molar-refractivity contribution is -0.300. The molecule has 1 saturated heterocycles. The van der Waals surface area contributed by atoms with Gasteiger partial charge in [0.25, 0.3) is 0 Å². The highest BCUT2D eigenvalue weighted by molar-refractivity contribution is 5.68. The molecule has 1 heterocycles. The second kappa shape index (κ2) is 9.45. The van der Waals surface area contributed by atoms with Crippen molar-refractivity contribution in [3.8, 4) is 0 Å². The first kappa shape index (κ1) is 26.6. The fourth-order valence-electron chi connectivity index (χ4n) is 7.14. The average Bonchev–Trinajstić information content (AvgIpc) is 3.04. The predicted octanol–water partition coefficient (Wildman–Crippen LogP) is 3.98. The van der Waals surface area contributed by atoms with E-state index in [-0.39, 0.29) is 18.4 Å². The highest BCUT2D eigenvalue weighted by Crippen LogP contribution is 2.67. The Bertz CT molecular complexity index is 1010. The molecule has 0 amide bonds. The van der Waals surface area contributed by atoms with E-state index in [4.69, 9.17) is 23.7 Å². The number of carbonyl (C=O) groups excluding carboxylic acids is 3. The van der Waals surface area contributed by atoms with Gasteiger partial charge in [-0.3, -0.25) is 14.4 Å². The Kier molecular flexibility index (Phi) is 6.99. The first-order chi connectivity index (χ1) is 16.8. The van der Waals surface area contributed by atoms with Crippen molar-refractivity contribution in [2.75, 3.05) is 0 Å². The van der Waals surface area contributed by atoms with Crippen LogP contribution >= 0.6 is 0 Å². The molecule has 4 rings (SSSR count). The summed E-state index contributed by atoms with van der Waals surface area (Å²) in [5.74, 6) is -1.56. The van der Waals surface area contributed by atoms with E-state index < -0.39 is 58.9 Å². The van der Waals surface area contributed by atoms with Crippen LogP contribution in [0.5, 0.6) is 0 Å². The van der Waals surface area contributed by atoms with Crippen molar-refractivity contribution in [3.63, 3.8) is 0 Å². The standard InChI is InChI=1S/C28H38O8/c1-16-13-22(33-17(2)29)24(35-19(4)31)27(7)25(32-15-20-11-9-8-10-12-20)23(34-18(3)30)21-14-28(16,27)36-26(21,5)6/h8-12,16,21-25H,13-15H2,1-7H3/t16-,21+,22-,23+,24+,25+,27+,28+/m1/s1. The van der Waals surface area contributed by atoms with Crippen molar-refractivity contribution in [1.82, 2.24) is 0 Å². The van der Waals surface area contributed by atoms with Gasteiger partial charge in [-0.25, -0.2) is 0 Å². The van der Waals surface area contributed by atoms with Crippen LogP contribution in [0.4, 0.5) is 0 Å². The van der Waals surface area contributed by atoms with Gasteiger partial charge < -0.3 is 23.7 Å². The van der Waals surface area contributed by atoms with Crippen molar-refractivity contribution >= 4 is 17.9 Å². The summed E-state index contributed by atoms with van der Waals surface area (Å²) in [6.45, 7) is 12.4. The van der Waals surface area contributed by atoms with Gasteiger partial charge in [-0.1, -0.05) is 44.2 Å². The maximum atomic E-state index is 12.4. The van der Waals surface area contributed by atoms with E-state index in [1.54, 1.807) is 0 Å². The first-order valence-corrected chi connectivity index (χ1v) is 12.7. The molecule has 1 aliphatic heterocycles. The molecule has 1 spiro atoms. The molecule has 0 N–H and O–H groups in total. The Labute approximate surface area is 212 Å². The number of hydrogen-bond acceptors (Lipinski definition) is 8. The summed E-state index contributed by atoms with van der Waals surface area (Å²) in [6, 6.07) is 9.73. The van der Waals surface area contributed by atoms with Crippen LogP contribution in [0.3, 0.4) is 0 Å². The van der Waals surface area contributed by atoms with Crippen molar-refractivity contribution in [1.29, 1.82) is 0 Å². The normalized spacial score (nSPS) is 38.5. The molecule has 2 saturated carbocycles. The van der Waals surface area contributed by atoms with Crippen LogP contribution in [-0.2, 0) is 44.7 Å². The Balaban J connectivity index is 1.88. The Morgan fingerprint density at radius 3 is 2.11 bits per heavy atom. The largest absolute Gasteiger partial charge is 0.459 e. The Morgan fingerprint density at radius 1 is 0.917 bits per heavy atom. The van der Waals surface area contributed by atoms with E-state index in [1.165, 1.54) is 20.8 Å². The second-order valence-electron chi connectivity index (χ2n) is 11.3. The number of benzene rings is 1. The molecule has 8 heteroatoms. The summed E-state index contributed by atoms with van der Waals surface area (Å²) in [6.07, 6.45) is -1.81. The van der Waals surface area contributed by atoms with E-state index >= 15 is 0 Å². The maximum absolute atomic E-state index is 12.4. The quantitative estimate of drug-likeness (QED) is 0.426. The van der Waals surface area contributed by atoms with E-state index in [2.05, 4.69) is 6.92 Å². The molecule has 3 fully saturated rings. The van der Waals surface area contributed by atoms with E-state index in [1.807, 2.05) is 51.1 Å². The van der Waals surface area contributed by atoms with Gasteiger partial charge in [0.2, 0.25) is 0 Å². The lowest BCUT2D eigenvalue weighted by atomic mass is 9.49. The van der Waals surface area contributed by atoms with Gasteiger partial charge in [-0.15, -0.1) is 0 Å². The summed E-state index contributed by atoms with van der Waals surface area (Å²) in [5, 5.41) is 0. The first-order valence-electron chi connectivity index (χ1n) is 12.7. The van der Waals surface area contributed by atoms with Crippen molar-refractivity contribution < 1.29 is 38.1 Å². The van der Waals surface area contributed by atoms with Gasteiger partial charge in [0.1, 0.15) is 24.4 Å². The SMILES string of the molecule is CC(=O)O[C@H]1[C@@H]2C[C@]3(OC2(C)C)[C@H](C)C[C@@H](OC(C)=O)[C@H](OC(C)=O)[C@@]3(C)[C@H]1OCc1ccccc1. The van der Waals surface area contributed by atoms with Crippen molar-refractivity contribution in [2.45, 2.75) is 104 Å². The highest BCUT2D eigenvalue weighted by atomic mass is 16.6. The molecule has 2 aliphatic carbocycles. The monoisotopic (exact) mass is 502 g/mol. The zero-order valence-corrected chi connectivity index (χ0v) is 22.2. The summed E-state index contributed by atoms with van der Waals surface area (Å²) in [5.41, 5.74) is -1.42. The molecule has 2 bridgehead atoms. The highest BCUT2D eigenvalue weighted by Gasteiger charge is 2.78. The van der Waals surface area contributed by atoms with Gasteiger partial charge in [0, 0.05) is 26.7 Å². The van der Waals surface area contributed by atoms with E-state index in [9.17, 15) is 14.4 Å². The molecule has 1 aromatic rings. The third-order valence-electron chi connectivity index (χ3n) is 8.55. The summed E-state index contributed by atoms with van der Waals surface area (Å²) < 4.78 is 31.3. The average molecular weight is 503 g/mol. The number of rotatable bonds is 6. The van der Waals surface area contributed by atoms with Crippen LogP contribution < -0.4 is 0 Å². The molecule has 0 radical (unpaired) electrons. The fraction of sp³-hybridized carbons (Fsp3) is 0.679. The summed E-state index contributed by atoms with van der Waals surface area (Å²) in [4.78, 5) is 36.8. The molecule has 36 heavy (non-hydrogen) atoms. The number of hydrogen-bond donors (Lipinski definition) is 0. The van der Waals surface area contributed by atoms with Gasteiger partial charge in [-0.05, 0) is 38.2 Å². The number of fused-ring (bicyclic) bond motifs is 1. The van der Waals surface area contributed by atoms with Gasteiger partial charge in [0.15, 0.2) is 0 Å². The van der Waals surface area contributed by atoms with Crippen LogP contribution in [0.1, 0.15) is 66.9 Å². The molecule has 3 aliphatic rings. The lowest BCUT2D eigenvalue weighted by Crippen LogP contribution is -2.74. The maximum Gasteiger partial charge on any atom is 0.303 e. The summed E-state index contributed by atoms with van der Waals surface area (Å²) >= 11 is 0. The number of esters is 3. The van der Waals surface area contributed by atoms with Crippen LogP contribution in [-0.4, -0.2) is 53.5 Å². The minimum atomic E-state index is -0.990. The molecular weight excluding hydrogens is 464 g/mol. The third-order valence-corrected chi connectivity index (χ3v) is 8.55. The lowest BCUT2D eigenvalue weighted by Gasteiger charge is -2.62. The Hall–Kier alpha value is -2.45. The van der Waals surface area contributed by atoms with E-state index in [0.717, 1.165) is 5.56 Å². The predicted molar refractivity (Wildman–Crippen MR) is 130 cm³/mol. The molecule has 8 nitrogen and oxygen atoms in total. The number of ether oxygens (including phenoxy) is 5. The van der Waals surface area contributed by atoms with Gasteiger partial charge in [-0.2, -0.15) is 0 Å². The fourth-order valence-corrected chi connectivity index (χ4v) is 7.14. The zero-order valence-electron chi connectivity index (χ0n) is 22.2. The molecular formula is C28H38O8. The van der Waals surface area contributed by atoms with Gasteiger partial charge in [0.05, 0.1) is 23.2 Å². The smallest absolute Gasteiger partial charge is 0.303 e. The second-order valence-corrected chi connectivity index (χ2v) is 11.3. The van der Waals surface area contributed by atoms with Crippen LogP contribution in [0.15, 0.2) is 30.3 Å². The van der Waals surface area contributed by atoms with Crippen molar-refractivity contribution in [2.24, 2.45) is 17.3 Å². The van der Waals surface area contributed by atoms with Crippen LogP contribution in [0.25, 0.3) is 0 Å². The zero-order chi connectivity index (χ0) is 26.5. The van der Waals surface area contributed by atoms with Crippen molar-refractivity contribution in [3.05, 3.63) is 35.9 Å². The molecule has 1 aromatic carbocycles. The number of carbonyl (C=O) groups is 3. The molecule has 198 valence electrons. The molecule has 0 aromatic heterocycles. The summed E-state index contributed by atoms with van der Waals surface area (Å²) in [7, 11) is 0. The molecule has 8 atom stereocenters. The minimum absolute atomic E-state index is 0.0518. The Morgan fingerprint density at radius 2 is 1.53 bits per heavy atom. The third kappa shape index (κ3) is 4.32.